The van der Waals surface area contributed by atoms with Crippen LogP contribution in [0.2, 0.25) is 0 Å². The normalized spacial score (nSPS) is 22.8. The summed E-state index contributed by atoms with van der Waals surface area (Å²) in [6.07, 6.45) is 3.08. The van der Waals surface area contributed by atoms with Gasteiger partial charge in [-0.3, -0.25) is 0 Å². The van der Waals surface area contributed by atoms with Crippen LogP contribution in [0.1, 0.15) is 33.1 Å². The van der Waals surface area contributed by atoms with E-state index in [4.69, 9.17) is 11.5 Å². The molecule has 14 heavy (non-hydrogen) atoms. The van der Waals surface area contributed by atoms with Gasteiger partial charge in [0, 0.05) is 12.6 Å². The quantitative estimate of drug-likeness (QED) is 0.709. The standard InChI is InChI=1S/C10H21N3O/c1-10(2,7-11)6-8-4-3-5-13(8)9(12)14/h8H,3-7,11H2,1-2H3,(H2,12,14). The average molecular weight is 199 g/mol. The maximum Gasteiger partial charge on any atom is 0.315 e. The van der Waals surface area contributed by atoms with Crippen LogP contribution in [0.5, 0.6) is 0 Å². The van der Waals surface area contributed by atoms with Crippen molar-refractivity contribution in [2.75, 3.05) is 13.1 Å². The van der Waals surface area contributed by atoms with Gasteiger partial charge in [0.25, 0.3) is 0 Å². The third-order valence-electron chi connectivity index (χ3n) is 3.00. The highest BCUT2D eigenvalue weighted by Gasteiger charge is 2.31. The molecule has 0 aromatic rings. The number of nitrogens with two attached hydrogens (primary N) is 2. The van der Waals surface area contributed by atoms with Crippen molar-refractivity contribution in [3.05, 3.63) is 0 Å². The lowest BCUT2D eigenvalue weighted by molar-refractivity contribution is 0.180. The van der Waals surface area contributed by atoms with Gasteiger partial charge < -0.3 is 16.4 Å². The Bertz CT molecular complexity index is 215. The third-order valence-corrected chi connectivity index (χ3v) is 3.00. The van der Waals surface area contributed by atoms with Gasteiger partial charge in [-0.15, -0.1) is 0 Å². The number of hydrogen-bond donors (Lipinski definition) is 2. The minimum atomic E-state index is -0.291. The van der Waals surface area contributed by atoms with E-state index in [-0.39, 0.29) is 11.4 Å². The monoisotopic (exact) mass is 199 g/mol. The number of carbonyl (C=O) groups excluding carboxylic acids is 1. The van der Waals surface area contributed by atoms with E-state index in [2.05, 4.69) is 13.8 Å². The molecule has 0 aromatic carbocycles. The van der Waals surface area contributed by atoms with Crippen LogP contribution in [0.15, 0.2) is 0 Å². The van der Waals surface area contributed by atoms with Gasteiger partial charge in [0.1, 0.15) is 0 Å². The minimum Gasteiger partial charge on any atom is -0.351 e. The number of nitrogens with zero attached hydrogens (tertiary/aromatic N) is 1. The van der Waals surface area contributed by atoms with E-state index in [9.17, 15) is 4.79 Å². The molecule has 1 unspecified atom stereocenters. The molecule has 0 spiro atoms. The molecule has 0 bridgehead atoms. The molecule has 0 aromatic heterocycles. The molecule has 82 valence electrons. The van der Waals surface area contributed by atoms with E-state index in [1.165, 1.54) is 0 Å². The molecule has 0 aliphatic carbocycles. The summed E-state index contributed by atoms with van der Waals surface area (Å²) in [6, 6.07) is 0.00590. The number of urea groups is 1. The summed E-state index contributed by atoms with van der Waals surface area (Å²) in [5.41, 5.74) is 11.1. The maximum absolute atomic E-state index is 11.1. The second-order valence-electron chi connectivity index (χ2n) is 4.90. The van der Waals surface area contributed by atoms with Crippen LogP contribution in [0, 0.1) is 5.41 Å². The van der Waals surface area contributed by atoms with Gasteiger partial charge in [0.2, 0.25) is 0 Å². The fourth-order valence-electron chi connectivity index (χ4n) is 2.06. The fourth-order valence-corrected chi connectivity index (χ4v) is 2.06. The summed E-state index contributed by atoms with van der Waals surface area (Å²) in [4.78, 5) is 12.9. The van der Waals surface area contributed by atoms with Gasteiger partial charge in [0.15, 0.2) is 0 Å². The molecular formula is C10H21N3O. The molecule has 4 nitrogen and oxygen atoms in total. The number of carbonyl (C=O) groups is 1. The molecule has 4 heteroatoms. The molecule has 1 saturated heterocycles. The Labute approximate surface area is 85.6 Å². The van der Waals surface area contributed by atoms with Crippen molar-refractivity contribution in [1.82, 2.24) is 4.90 Å². The van der Waals surface area contributed by atoms with Gasteiger partial charge in [-0.25, -0.2) is 4.79 Å². The first-order valence-electron chi connectivity index (χ1n) is 5.22. The van der Waals surface area contributed by atoms with Crippen LogP contribution in [-0.2, 0) is 0 Å². The summed E-state index contributed by atoms with van der Waals surface area (Å²) in [5, 5.41) is 0. The molecule has 1 aliphatic heterocycles. The van der Waals surface area contributed by atoms with Crippen molar-refractivity contribution in [1.29, 1.82) is 0 Å². The van der Waals surface area contributed by atoms with Crippen LogP contribution in [0.4, 0.5) is 4.79 Å². The first-order valence-corrected chi connectivity index (χ1v) is 5.22. The van der Waals surface area contributed by atoms with E-state index in [1.54, 1.807) is 4.90 Å². The lowest BCUT2D eigenvalue weighted by Gasteiger charge is -2.30. The molecule has 1 aliphatic rings. The smallest absolute Gasteiger partial charge is 0.315 e. The van der Waals surface area contributed by atoms with Gasteiger partial charge in [-0.1, -0.05) is 13.8 Å². The molecule has 1 atom stereocenters. The van der Waals surface area contributed by atoms with E-state index >= 15 is 0 Å². The van der Waals surface area contributed by atoms with Crippen molar-refractivity contribution in [3.8, 4) is 0 Å². The van der Waals surface area contributed by atoms with E-state index in [0.29, 0.717) is 12.6 Å². The van der Waals surface area contributed by atoms with Gasteiger partial charge in [-0.05, 0) is 31.2 Å². The predicted octanol–water partition coefficient (Wildman–Crippen LogP) is 0.904. The van der Waals surface area contributed by atoms with E-state index < -0.39 is 0 Å². The van der Waals surface area contributed by atoms with Crippen LogP contribution in [0.25, 0.3) is 0 Å². The zero-order valence-electron chi connectivity index (χ0n) is 9.12. The van der Waals surface area contributed by atoms with E-state index in [1.807, 2.05) is 0 Å². The second kappa shape index (κ2) is 4.17. The van der Waals surface area contributed by atoms with Gasteiger partial charge in [-0.2, -0.15) is 0 Å². The molecule has 1 heterocycles. The summed E-state index contributed by atoms with van der Waals surface area (Å²) in [6.45, 7) is 5.71. The van der Waals surface area contributed by atoms with Crippen LogP contribution in [-0.4, -0.2) is 30.1 Å². The number of rotatable bonds is 3. The summed E-state index contributed by atoms with van der Waals surface area (Å²) >= 11 is 0. The average Bonchev–Trinajstić information content (AvgIpc) is 2.51. The highest BCUT2D eigenvalue weighted by atomic mass is 16.2. The Balaban J connectivity index is 2.55. The topological polar surface area (TPSA) is 72.3 Å². The Hall–Kier alpha value is -0.770. The summed E-state index contributed by atoms with van der Waals surface area (Å²) < 4.78 is 0. The first-order chi connectivity index (χ1) is 6.46. The summed E-state index contributed by atoms with van der Waals surface area (Å²) in [5.74, 6) is 0. The zero-order chi connectivity index (χ0) is 10.8. The highest BCUT2D eigenvalue weighted by Crippen LogP contribution is 2.29. The molecule has 1 rings (SSSR count). The zero-order valence-corrected chi connectivity index (χ0v) is 9.12. The Morgan fingerprint density at radius 3 is 2.71 bits per heavy atom. The van der Waals surface area contributed by atoms with Gasteiger partial charge >= 0.3 is 6.03 Å². The third kappa shape index (κ3) is 2.61. The molecule has 0 radical (unpaired) electrons. The number of likely N-dealkylation sites (tertiary alicyclic amines) is 1. The largest absolute Gasteiger partial charge is 0.351 e. The molecular weight excluding hydrogens is 178 g/mol. The maximum atomic E-state index is 11.1. The van der Waals surface area contributed by atoms with Crippen LogP contribution >= 0.6 is 0 Å². The lowest BCUT2D eigenvalue weighted by Crippen LogP contribution is -2.42. The Morgan fingerprint density at radius 2 is 2.21 bits per heavy atom. The molecule has 0 saturated carbocycles. The SMILES string of the molecule is CC(C)(CN)CC1CCCN1C(N)=O. The number of amides is 2. The van der Waals surface area contributed by atoms with Crippen LogP contribution in [0.3, 0.4) is 0 Å². The van der Waals surface area contributed by atoms with Gasteiger partial charge in [0.05, 0.1) is 0 Å². The predicted molar refractivity (Wildman–Crippen MR) is 56.8 cm³/mol. The summed E-state index contributed by atoms with van der Waals surface area (Å²) in [7, 11) is 0. The van der Waals surface area contributed by atoms with Crippen molar-refractivity contribution in [2.45, 2.75) is 39.2 Å². The van der Waals surface area contributed by atoms with Crippen molar-refractivity contribution in [2.24, 2.45) is 16.9 Å². The minimum absolute atomic E-state index is 0.0999. The van der Waals surface area contributed by atoms with E-state index in [0.717, 1.165) is 25.8 Å². The second-order valence-corrected chi connectivity index (χ2v) is 4.90. The van der Waals surface area contributed by atoms with Crippen LogP contribution < -0.4 is 11.5 Å². The lowest BCUT2D eigenvalue weighted by atomic mass is 9.85. The number of primary amides is 1. The van der Waals surface area contributed by atoms with Crippen molar-refractivity contribution >= 4 is 6.03 Å². The van der Waals surface area contributed by atoms with Crippen molar-refractivity contribution in [3.63, 3.8) is 0 Å². The first kappa shape index (κ1) is 11.3. The highest BCUT2D eigenvalue weighted by molar-refractivity contribution is 5.72. The molecule has 4 N–H and O–H groups in total. The van der Waals surface area contributed by atoms with Crippen molar-refractivity contribution < 1.29 is 4.79 Å². The Kier molecular flexibility index (Phi) is 3.37. The fraction of sp³-hybridized carbons (Fsp3) is 0.900. The molecule has 1 fully saturated rings. The Morgan fingerprint density at radius 1 is 1.57 bits per heavy atom. The number of hydrogen-bond acceptors (Lipinski definition) is 2. The molecule has 2 amide bonds.